The van der Waals surface area contributed by atoms with Crippen LogP contribution in [-0.2, 0) is 19.6 Å². The van der Waals surface area contributed by atoms with Crippen molar-refractivity contribution < 1.29 is 22.7 Å². The number of para-hydroxylation sites is 1. The lowest BCUT2D eigenvalue weighted by Gasteiger charge is -2.31. The van der Waals surface area contributed by atoms with Gasteiger partial charge in [0.15, 0.2) is 6.10 Å². The quantitative estimate of drug-likeness (QED) is 0.756. The van der Waals surface area contributed by atoms with Gasteiger partial charge in [-0.2, -0.15) is 4.31 Å². The molecule has 0 bridgehead atoms. The number of fused-ring (bicyclic) bond motifs is 1. The summed E-state index contributed by atoms with van der Waals surface area (Å²) in [6, 6.07) is 11.9. The van der Waals surface area contributed by atoms with Crippen molar-refractivity contribution in [2.45, 2.75) is 37.7 Å². The molecule has 2 aromatic rings. The van der Waals surface area contributed by atoms with Crippen LogP contribution in [0.4, 0.5) is 11.4 Å². The van der Waals surface area contributed by atoms with E-state index in [4.69, 9.17) is 4.74 Å². The van der Waals surface area contributed by atoms with E-state index in [0.717, 1.165) is 11.3 Å². The highest BCUT2D eigenvalue weighted by Gasteiger charge is 2.34. The van der Waals surface area contributed by atoms with Crippen LogP contribution >= 0.6 is 0 Å². The predicted molar refractivity (Wildman–Crippen MR) is 116 cm³/mol. The number of piperidine rings is 1. The maximum atomic E-state index is 13.2. The molecule has 2 atom stereocenters. The molecule has 1 fully saturated rings. The van der Waals surface area contributed by atoms with Gasteiger partial charge in [0, 0.05) is 18.8 Å². The minimum Gasteiger partial charge on any atom is -0.479 e. The van der Waals surface area contributed by atoms with Crippen molar-refractivity contribution >= 4 is 33.2 Å². The number of benzene rings is 2. The van der Waals surface area contributed by atoms with Crippen molar-refractivity contribution in [3.05, 3.63) is 48.0 Å². The van der Waals surface area contributed by atoms with Gasteiger partial charge in [0.25, 0.3) is 5.91 Å². The van der Waals surface area contributed by atoms with Crippen LogP contribution in [0.3, 0.4) is 0 Å². The number of ether oxygens (including phenoxy) is 1. The van der Waals surface area contributed by atoms with Crippen molar-refractivity contribution in [1.82, 2.24) is 4.31 Å². The Kier molecular flexibility index (Phi) is 5.72. The van der Waals surface area contributed by atoms with E-state index in [1.165, 1.54) is 16.4 Å². The number of amides is 2. The summed E-state index contributed by atoms with van der Waals surface area (Å²) in [4.78, 5) is 24.7. The molecule has 0 aliphatic carbocycles. The Morgan fingerprint density at radius 3 is 2.77 bits per heavy atom. The second kappa shape index (κ2) is 8.32. The van der Waals surface area contributed by atoms with E-state index in [1.807, 2.05) is 31.2 Å². The van der Waals surface area contributed by atoms with E-state index < -0.39 is 22.0 Å². The monoisotopic (exact) mass is 443 g/mol. The first-order valence-corrected chi connectivity index (χ1v) is 11.7. The largest absolute Gasteiger partial charge is 0.479 e. The Bertz CT molecular complexity index is 1130. The van der Waals surface area contributed by atoms with Crippen LogP contribution in [0.25, 0.3) is 0 Å². The zero-order valence-electron chi connectivity index (χ0n) is 17.4. The SMILES string of the molecule is Cc1ccccc1NC(=O)[C@H]1CCCN(S(=O)(=O)c2ccc3c(c2)NC(=O)[C@H](C)O3)C1. The topological polar surface area (TPSA) is 105 Å². The third-order valence-corrected chi connectivity index (χ3v) is 7.54. The van der Waals surface area contributed by atoms with Crippen LogP contribution in [0, 0.1) is 12.8 Å². The highest BCUT2D eigenvalue weighted by atomic mass is 32.2. The van der Waals surface area contributed by atoms with Crippen molar-refractivity contribution in [2.75, 3.05) is 23.7 Å². The van der Waals surface area contributed by atoms with Gasteiger partial charge in [0.1, 0.15) is 5.75 Å². The summed E-state index contributed by atoms with van der Waals surface area (Å²) in [6.07, 6.45) is 0.577. The van der Waals surface area contributed by atoms with Gasteiger partial charge in [-0.15, -0.1) is 0 Å². The molecule has 9 heteroatoms. The zero-order chi connectivity index (χ0) is 22.2. The summed E-state index contributed by atoms with van der Waals surface area (Å²) in [5.41, 5.74) is 2.01. The first-order chi connectivity index (χ1) is 14.8. The lowest BCUT2D eigenvalue weighted by atomic mass is 9.98. The minimum absolute atomic E-state index is 0.0599. The smallest absolute Gasteiger partial charge is 0.265 e. The standard InChI is InChI=1S/C22H25N3O5S/c1-14-6-3-4-8-18(14)23-22(27)16-7-5-11-25(13-16)31(28,29)17-9-10-20-19(12-17)24-21(26)15(2)30-20/h3-4,6,8-10,12,15-16H,5,7,11,13H2,1-2H3,(H,23,27)(H,24,26)/t15-,16-/m0/s1. The highest BCUT2D eigenvalue weighted by molar-refractivity contribution is 7.89. The van der Waals surface area contributed by atoms with E-state index >= 15 is 0 Å². The number of hydrogen-bond donors (Lipinski definition) is 2. The van der Waals surface area contributed by atoms with Crippen LogP contribution in [0.2, 0.25) is 0 Å². The maximum absolute atomic E-state index is 13.2. The molecule has 0 radical (unpaired) electrons. The Hall–Kier alpha value is -2.91. The average molecular weight is 444 g/mol. The number of anilines is 2. The molecule has 0 saturated carbocycles. The molecular weight excluding hydrogens is 418 g/mol. The van der Waals surface area contributed by atoms with Gasteiger partial charge in [0.05, 0.1) is 16.5 Å². The lowest BCUT2D eigenvalue weighted by Crippen LogP contribution is -2.43. The lowest BCUT2D eigenvalue weighted by molar-refractivity contribution is -0.123. The van der Waals surface area contributed by atoms with Crippen LogP contribution in [-0.4, -0.2) is 43.7 Å². The highest BCUT2D eigenvalue weighted by Crippen LogP contribution is 2.33. The summed E-state index contributed by atoms with van der Waals surface area (Å²) in [7, 11) is -3.83. The van der Waals surface area contributed by atoms with E-state index in [0.29, 0.717) is 30.8 Å². The molecule has 2 N–H and O–H groups in total. The molecule has 31 heavy (non-hydrogen) atoms. The summed E-state index contributed by atoms with van der Waals surface area (Å²) in [6.45, 7) is 3.98. The molecule has 1 saturated heterocycles. The normalized spacial score (nSPS) is 21.5. The van der Waals surface area contributed by atoms with E-state index in [-0.39, 0.29) is 23.3 Å². The molecule has 2 aliphatic heterocycles. The number of hydrogen-bond acceptors (Lipinski definition) is 5. The van der Waals surface area contributed by atoms with Crippen LogP contribution in [0.15, 0.2) is 47.4 Å². The first-order valence-electron chi connectivity index (χ1n) is 10.2. The second-order valence-electron chi connectivity index (χ2n) is 7.91. The van der Waals surface area contributed by atoms with Gasteiger partial charge >= 0.3 is 0 Å². The second-order valence-corrected chi connectivity index (χ2v) is 9.85. The van der Waals surface area contributed by atoms with Crippen LogP contribution in [0.5, 0.6) is 5.75 Å². The minimum atomic E-state index is -3.83. The Morgan fingerprint density at radius 2 is 2.00 bits per heavy atom. The molecule has 0 unspecified atom stereocenters. The Labute approximate surface area is 181 Å². The van der Waals surface area contributed by atoms with Gasteiger partial charge < -0.3 is 15.4 Å². The molecule has 2 aromatic carbocycles. The molecule has 2 amide bonds. The van der Waals surface area contributed by atoms with Crippen molar-refractivity contribution in [2.24, 2.45) is 5.92 Å². The molecule has 8 nitrogen and oxygen atoms in total. The molecule has 2 heterocycles. The van der Waals surface area contributed by atoms with E-state index in [1.54, 1.807) is 13.0 Å². The van der Waals surface area contributed by atoms with Gasteiger partial charge in [-0.3, -0.25) is 9.59 Å². The Balaban J connectivity index is 1.51. The maximum Gasteiger partial charge on any atom is 0.265 e. The predicted octanol–water partition coefficient (Wildman–Crippen LogP) is 2.75. The number of sulfonamides is 1. The first kappa shape index (κ1) is 21.3. The molecular formula is C22H25N3O5S. The number of carbonyl (C=O) groups excluding carboxylic acids is 2. The average Bonchev–Trinajstić information content (AvgIpc) is 2.76. The van der Waals surface area contributed by atoms with Gasteiger partial charge in [0.2, 0.25) is 15.9 Å². The number of carbonyl (C=O) groups is 2. The third-order valence-electron chi connectivity index (χ3n) is 5.68. The molecule has 4 rings (SSSR count). The number of aryl methyl sites for hydroxylation is 1. The third kappa shape index (κ3) is 4.28. The van der Waals surface area contributed by atoms with Gasteiger partial charge in [-0.1, -0.05) is 18.2 Å². The van der Waals surface area contributed by atoms with Crippen molar-refractivity contribution in [3.8, 4) is 5.75 Å². The summed E-state index contributed by atoms with van der Waals surface area (Å²) in [5.74, 6) is -0.521. The number of rotatable bonds is 4. The van der Waals surface area contributed by atoms with E-state index in [2.05, 4.69) is 10.6 Å². The van der Waals surface area contributed by atoms with Crippen LogP contribution in [0.1, 0.15) is 25.3 Å². The van der Waals surface area contributed by atoms with Crippen molar-refractivity contribution in [3.63, 3.8) is 0 Å². The molecule has 164 valence electrons. The molecule has 0 spiro atoms. The summed E-state index contributed by atoms with van der Waals surface area (Å²) >= 11 is 0. The Morgan fingerprint density at radius 1 is 1.23 bits per heavy atom. The van der Waals surface area contributed by atoms with Crippen LogP contribution < -0.4 is 15.4 Å². The molecule has 2 aliphatic rings. The van der Waals surface area contributed by atoms with E-state index in [9.17, 15) is 18.0 Å². The summed E-state index contributed by atoms with van der Waals surface area (Å²) in [5, 5.41) is 5.59. The summed E-state index contributed by atoms with van der Waals surface area (Å²) < 4.78 is 33.3. The van der Waals surface area contributed by atoms with Gasteiger partial charge in [-0.05, 0) is 56.5 Å². The van der Waals surface area contributed by atoms with Gasteiger partial charge in [-0.25, -0.2) is 8.42 Å². The zero-order valence-corrected chi connectivity index (χ0v) is 18.2. The number of nitrogens with one attached hydrogen (secondary N) is 2. The molecule has 0 aromatic heterocycles. The van der Waals surface area contributed by atoms with Crippen molar-refractivity contribution in [1.29, 1.82) is 0 Å². The fourth-order valence-electron chi connectivity index (χ4n) is 3.82. The fourth-order valence-corrected chi connectivity index (χ4v) is 5.37. The number of nitrogens with zero attached hydrogens (tertiary/aromatic N) is 1. The fraction of sp³-hybridized carbons (Fsp3) is 0.364.